The second-order valence-electron chi connectivity index (χ2n) is 7.22. The van der Waals surface area contributed by atoms with E-state index in [2.05, 4.69) is 40.4 Å². The highest BCUT2D eigenvalue weighted by molar-refractivity contribution is 6.74. The molecular weight excluding hydrogens is 256 g/mol. The van der Waals surface area contributed by atoms with Crippen molar-refractivity contribution in [2.45, 2.75) is 78.0 Å². The zero-order chi connectivity index (χ0) is 15.6. The summed E-state index contributed by atoms with van der Waals surface area (Å²) < 4.78 is 6.16. The first-order valence-electron chi connectivity index (χ1n) is 7.00. The minimum atomic E-state index is -1.90. The molecule has 0 aliphatic rings. The summed E-state index contributed by atoms with van der Waals surface area (Å²) >= 11 is 0. The van der Waals surface area contributed by atoms with Crippen molar-refractivity contribution in [1.82, 2.24) is 0 Å². The van der Waals surface area contributed by atoms with Gasteiger partial charge >= 0.3 is 0 Å². The van der Waals surface area contributed by atoms with Gasteiger partial charge in [0, 0.05) is 5.92 Å². The van der Waals surface area contributed by atoms with Crippen molar-refractivity contribution in [1.29, 1.82) is 0 Å². The third-order valence-electron chi connectivity index (χ3n) is 4.31. The zero-order valence-corrected chi connectivity index (χ0v) is 14.8. The van der Waals surface area contributed by atoms with Gasteiger partial charge in [-0.05, 0) is 32.0 Å². The lowest BCUT2D eigenvalue weighted by Crippen LogP contribution is -2.48. The van der Waals surface area contributed by atoms with Gasteiger partial charge < -0.3 is 14.6 Å². The highest BCUT2D eigenvalue weighted by Gasteiger charge is 2.40. The molecule has 0 rings (SSSR count). The van der Waals surface area contributed by atoms with Gasteiger partial charge in [-0.1, -0.05) is 39.8 Å². The van der Waals surface area contributed by atoms with Crippen molar-refractivity contribution in [2.75, 3.05) is 0 Å². The van der Waals surface area contributed by atoms with Gasteiger partial charge in [-0.2, -0.15) is 0 Å². The molecule has 0 unspecified atom stereocenters. The molecular formula is C15H32O3Si. The van der Waals surface area contributed by atoms with Crippen LogP contribution in [-0.4, -0.2) is 36.8 Å². The van der Waals surface area contributed by atoms with Crippen molar-refractivity contribution in [3.05, 3.63) is 12.2 Å². The molecule has 4 heteroatoms. The van der Waals surface area contributed by atoms with Gasteiger partial charge in [0.25, 0.3) is 0 Å². The maximum Gasteiger partial charge on any atom is 0.192 e. The van der Waals surface area contributed by atoms with E-state index in [9.17, 15) is 10.2 Å². The first-order valence-corrected chi connectivity index (χ1v) is 9.91. The third-order valence-corrected chi connectivity index (χ3v) is 8.88. The fourth-order valence-corrected chi connectivity index (χ4v) is 3.20. The first-order chi connectivity index (χ1) is 8.31. The van der Waals surface area contributed by atoms with E-state index in [-0.39, 0.29) is 17.1 Å². The maximum atomic E-state index is 10.3. The lowest BCUT2D eigenvalue weighted by molar-refractivity contribution is -0.0295. The molecule has 0 saturated heterocycles. The number of hydrogen-bond acceptors (Lipinski definition) is 3. The summed E-state index contributed by atoms with van der Waals surface area (Å²) in [6, 6.07) is 0. The predicted octanol–water partition coefficient (Wildman–Crippen LogP) is 3.33. The van der Waals surface area contributed by atoms with Crippen LogP contribution in [0.3, 0.4) is 0 Å². The van der Waals surface area contributed by atoms with Crippen LogP contribution in [0.2, 0.25) is 18.1 Å². The van der Waals surface area contributed by atoms with Gasteiger partial charge in [0.15, 0.2) is 8.32 Å². The summed E-state index contributed by atoms with van der Waals surface area (Å²) in [4.78, 5) is 0. The molecule has 4 atom stereocenters. The Labute approximate surface area is 119 Å². The topological polar surface area (TPSA) is 49.7 Å². The van der Waals surface area contributed by atoms with E-state index in [1.807, 2.05) is 13.8 Å². The molecule has 0 amide bonds. The Bertz CT molecular complexity index is 307. The SMILES string of the molecule is C=C(C)[C@@H](O)[C@H](C)[C@@H](O)[C@@H](C)O[Si](C)(C)C(C)(C)C. The van der Waals surface area contributed by atoms with Crippen LogP contribution in [0.5, 0.6) is 0 Å². The lowest BCUT2D eigenvalue weighted by atomic mass is 9.91. The largest absolute Gasteiger partial charge is 0.412 e. The molecule has 0 spiro atoms. The summed E-state index contributed by atoms with van der Waals surface area (Å²) in [6.07, 6.45) is -1.67. The van der Waals surface area contributed by atoms with Crippen molar-refractivity contribution in [3.63, 3.8) is 0 Å². The molecule has 0 aromatic carbocycles. The van der Waals surface area contributed by atoms with Crippen LogP contribution in [0.4, 0.5) is 0 Å². The number of aliphatic hydroxyl groups excluding tert-OH is 2. The van der Waals surface area contributed by atoms with Crippen LogP contribution < -0.4 is 0 Å². The van der Waals surface area contributed by atoms with E-state index >= 15 is 0 Å². The fourth-order valence-electron chi connectivity index (χ4n) is 1.77. The highest BCUT2D eigenvalue weighted by atomic mass is 28.4. The molecule has 0 aromatic heterocycles. The Kier molecular flexibility index (Phi) is 6.47. The Morgan fingerprint density at radius 3 is 1.89 bits per heavy atom. The highest BCUT2D eigenvalue weighted by Crippen LogP contribution is 2.38. The van der Waals surface area contributed by atoms with Crippen molar-refractivity contribution in [2.24, 2.45) is 5.92 Å². The van der Waals surface area contributed by atoms with Gasteiger partial charge in [-0.25, -0.2) is 0 Å². The number of aliphatic hydroxyl groups is 2. The minimum absolute atomic E-state index is 0.108. The van der Waals surface area contributed by atoms with Gasteiger partial charge in [0.05, 0.1) is 18.3 Å². The summed E-state index contributed by atoms with van der Waals surface area (Å²) in [5, 5.41) is 20.4. The second kappa shape index (κ2) is 6.53. The summed E-state index contributed by atoms with van der Waals surface area (Å²) in [7, 11) is -1.90. The minimum Gasteiger partial charge on any atom is -0.412 e. The molecule has 0 aromatic rings. The molecule has 2 N–H and O–H groups in total. The van der Waals surface area contributed by atoms with E-state index in [0.717, 1.165) is 0 Å². The van der Waals surface area contributed by atoms with Gasteiger partial charge in [0.1, 0.15) is 0 Å². The lowest BCUT2D eigenvalue weighted by Gasteiger charge is -2.40. The predicted molar refractivity (Wildman–Crippen MR) is 83.7 cm³/mol. The number of rotatable bonds is 6. The van der Waals surface area contributed by atoms with Crippen LogP contribution in [0.15, 0.2) is 12.2 Å². The summed E-state index contributed by atoms with van der Waals surface area (Å²) in [6.45, 7) is 20.1. The van der Waals surface area contributed by atoms with Gasteiger partial charge in [0.2, 0.25) is 0 Å². The Morgan fingerprint density at radius 2 is 1.58 bits per heavy atom. The average Bonchev–Trinajstić information content (AvgIpc) is 2.23. The van der Waals surface area contributed by atoms with E-state index in [4.69, 9.17) is 4.43 Å². The average molecular weight is 289 g/mol. The molecule has 0 radical (unpaired) electrons. The molecule has 114 valence electrons. The molecule has 0 aliphatic heterocycles. The van der Waals surface area contributed by atoms with E-state index < -0.39 is 20.5 Å². The van der Waals surface area contributed by atoms with E-state index in [1.165, 1.54) is 0 Å². The normalized spacial score (nSPS) is 19.7. The molecule has 0 heterocycles. The van der Waals surface area contributed by atoms with Gasteiger partial charge in [-0.15, -0.1) is 0 Å². The second-order valence-corrected chi connectivity index (χ2v) is 12.0. The van der Waals surface area contributed by atoms with Gasteiger partial charge in [-0.3, -0.25) is 0 Å². The maximum absolute atomic E-state index is 10.3. The van der Waals surface area contributed by atoms with Crippen LogP contribution in [0.25, 0.3) is 0 Å². The molecule has 0 saturated carbocycles. The van der Waals surface area contributed by atoms with Crippen LogP contribution in [-0.2, 0) is 4.43 Å². The Balaban J connectivity index is 4.76. The fraction of sp³-hybridized carbons (Fsp3) is 0.867. The smallest absolute Gasteiger partial charge is 0.192 e. The number of hydrogen-bond donors (Lipinski definition) is 2. The zero-order valence-electron chi connectivity index (χ0n) is 13.8. The van der Waals surface area contributed by atoms with Crippen LogP contribution in [0.1, 0.15) is 41.5 Å². The first kappa shape index (κ1) is 18.8. The molecule has 0 fully saturated rings. The van der Waals surface area contributed by atoms with Crippen molar-refractivity contribution >= 4 is 8.32 Å². The van der Waals surface area contributed by atoms with Crippen LogP contribution in [0, 0.1) is 5.92 Å². The quantitative estimate of drug-likeness (QED) is 0.582. The summed E-state index contributed by atoms with van der Waals surface area (Å²) in [5.41, 5.74) is 0.672. The molecule has 3 nitrogen and oxygen atoms in total. The molecule has 0 bridgehead atoms. The van der Waals surface area contributed by atoms with Crippen LogP contribution >= 0.6 is 0 Å². The molecule has 0 aliphatic carbocycles. The third kappa shape index (κ3) is 5.03. The Morgan fingerprint density at radius 1 is 1.16 bits per heavy atom. The van der Waals surface area contributed by atoms with Crippen molar-refractivity contribution < 1.29 is 14.6 Å². The molecule has 19 heavy (non-hydrogen) atoms. The summed E-state index contributed by atoms with van der Waals surface area (Å²) in [5.74, 6) is -0.280. The van der Waals surface area contributed by atoms with E-state index in [0.29, 0.717) is 5.57 Å². The van der Waals surface area contributed by atoms with Crippen molar-refractivity contribution in [3.8, 4) is 0 Å². The standard InChI is InChI=1S/C15H32O3Si/c1-10(2)13(16)11(3)14(17)12(4)18-19(8,9)15(5,6)7/h11-14,16-17H,1H2,2-9H3/t11-,12+,13+,14+/m0/s1. The monoisotopic (exact) mass is 288 g/mol. The van der Waals surface area contributed by atoms with E-state index in [1.54, 1.807) is 6.92 Å². The Hall–Kier alpha value is -0.163.